The molecular weight excluding hydrogens is 233 g/mol. The molecule has 100 valence electrons. The van der Waals surface area contributed by atoms with E-state index in [0.717, 1.165) is 25.7 Å². The molecule has 2 nitrogen and oxygen atoms in total. The Morgan fingerprint density at radius 1 is 1.12 bits per heavy atom. The quantitative estimate of drug-likeness (QED) is 0.364. The molecule has 0 fully saturated rings. The minimum absolute atomic E-state index is 0.109. The second kappa shape index (κ2) is 8.14. The zero-order chi connectivity index (χ0) is 13.3. The van der Waals surface area contributed by atoms with E-state index in [1.54, 1.807) is 0 Å². The van der Waals surface area contributed by atoms with E-state index in [2.05, 4.69) is 18.2 Å². The molecule has 0 aromatic heterocycles. The molecule has 0 atom stereocenters. The fourth-order valence-electron chi connectivity index (χ4n) is 1.34. The molecule has 0 spiro atoms. The van der Waals surface area contributed by atoms with Gasteiger partial charge in [0.25, 0.3) is 0 Å². The van der Waals surface area contributed by atoms with Gasteiger partial charge >= 0.3 is 12.1 Å². The van der Waals surface area contributed by atoms with Crippen LogP contribution in [0.5, 0.6) is 0 Å². The van der Waals surface area contributed by atoms with Crippen molar-refractivity contribution in [2.75, 3.05) is 0 Å². The fraction of sp³-hybridized carbons (Fsp3) is 0.750. The molecule has 17 heavy (non-hydrogen) atoms. The van der Waals surface area contributed by atoms with Gasteiger partial charge in [-0.1, -0.05) is 45.6 Å². The largest absolute Gasteiger partial charge is 0.491 e. The van der Waals surface area contributed by atoms with E-state index >= 15 is 0 Å². The van der Waals surface area contributed by atoms with Crippen molar-refractivity contribution in [3.63, 3.8) is 0 Å². The van der Waals surface area contributed by atoms with Gasteiger partial charge in [-0.3, -0.25) is 0 Å². The third kappa shape index (κ3) is 8.77. The number of allylic oxidation sites excluding steroid dienone is 1. The van der Waals surface area contributed by atoms with Gasteiger partial charge < -0.3 is 4.74 Å². The third-order valence-electron chi connectivity index (χ3n) is 2.28. The van der Waals surface area contributed by atoms with Gasteiger partial charge in [-0.2, -0.15) is 13.2 Å². The Morgan fingerprint density at radius 2 is 1.65 bits per heavy atom. The summed E-state index contributed by atoms with van der Waals surface area (Å²) in [6.07, 6.45) is 1.48. The smallest absolute Gasteiger partial charge is 0.425 e. The number of esters is 1. The Hall–Kier alpha value is -1.00. The maximum atomic E-state index is 11.8. The highest BCUT2D eigenvalue weighted by Gasteiger charge is 2.41. The number of ether oxygens (including phenoxy) is 1. The van der Waals surface area contributed by atoms with Crippen molar-refractivity contribution in [1.29, 1.82) is 0 Å². The van der Waals surface area contributed by atoms with E-state index in [1.165, 1.54) is 6.42 Å². The molecular formula is C12H19F3O2. The van der Waals surface area contributed by atoms with Crippen molar-refractivity contribution >= 4 is 5.97 Å². The number of unbranched alkanes of at least 4 members (excludes halogenated alkanes) is 5. The summed E-state index contributed by atoms with van der Waals surface area (Å²) >= 11 is 0. The lowest BCUT2D eigenvalue weighted by atomic mass is 10.1. The summed E-state index contributed by atoms with van der Waals surface area (Å²) in [4.78, 5) is 10.4. The second-order valence-electron chi connectivity index (χ2n) is 3.94. The van der Waals surface area contributed by atoms with Crippen LogP contribution in [-0.2, 0) is 9.53 Å². The summed E-state index contributed by atoms with van der Waals surface area (Å²) in [6, 6.07) is 0. The summed E-state index contributed by atoms with van der Waals surface area (Å²) in [5, 5.41) is 0. The van der Waals surface area contributed by atoms with Gasteiger partial charge in [0.1, 0.15) is 5.76 Å². The number of alkyl halides is 3. The molecule has 0 radical (unpaired) electrons. The third-order valence-corrected chi connectivity index (χ3v) is 2.28. The van der Waals surface area contributed by atoms with Crippen LogP contribution in [0.4, 0.5) is 13.2 Å². The molecule has 0 aromatic rings. The average Bonchev–Trinajstić information content (AvgIpc) is 2.21. The van der Waals surface area contributed by atoms with Crippen molar-refractivity contribution < 1.29 is 22.7 Å². The van der Waals surface area contributed by atoms with Crippen LogP contribution in [0.1, 0.15) is 51.9 Å². The van der Waals surface area contributed by atoms with Gasteiger partial charge in [-0.05, 0) is 6.42 Å². The molecule has 0 saturated carbocycles. The van der Waals surface area contributed by atoms with Crippen LogP contribution >= 0.6 is 0 Å². The molecule has 0 aliphatic carbocycles. The summed E-state index contributed by atoms with van der Waals surface area (Å²) in [5.74, 6) is -2.30. The first-order chi connectivity index (χ1) is 7.88. The minimum atomic E-state index is -4.94. The van der Waals surface area contributed by atoms with Crippen molar-refractivity contribution in [2.24, 2.45) is 0 Å². The molecule has 0 saturated heterocycles. The molecule has 0 aromatic carbocycles. The van der Waals surface area contributed by atoms with E-state index in [-0.39, 0.29) is 5.76 Å². The summed E-state index contributed by atoms with van der Waals surface area (Å²) < 4.78 is 39.5. The number of carbonyl (C=O) groups excluding carboxylic acids is 1. The predicted molar refractivity (Wildman–Crippen MR) is 59.3 cm³/mol. The van der Waals surface area contributed by atoms with Crippen molar-refractivity contribution in [1.82, 2.24) is 0 Å². The lowest BCUT2D eigenvalue weighted by Gasteiger charge is -2.08. The number of hydrogen-bond donors (Lipinski definition) is 0. The Labute approximate surface area is 99.8 Å². The zero-order valence-electron chi connectivity index (χ0n) is 10.1. The van der Waals surface area contributed by atoms with Gasteiger partial charge in [0.15, 0.2) is 0 Å². The molecule has 0 rings (SSSR count). The van der Waals surface area contributed by atoms with E-state index in [0.29, 0.717) is 12.8 Å². The normalized spacial score (nSPS) is 11.3. The van der Waals surface area contributed by atoms with Gasteiger partial charge in [-0.15, -0.1) is 0 Å². The first kappa shape index (κ1) is 16.0. The number of rotatable bonds is 8. The molecule has 0 aliphatic rings. The van der Waals surface area contributed by atoms with Crippen molar-refractivity contribution in [3.05, 3.63) is 12.3 Å². The molecule has 0 N–H and O–H groups in total. The predicted octanol–water partition coefficient (Wildman–Crippen LogP) is 4.36. The van der Waals surface area contributed by atoms with Crippen LogP contribution < -0.4 is 0 Å². The SMILES string of the molecule is C=C(CCCCCCCC)OC(=O)C(F)(F)F. The Kier molecular flexibility index (Phi) is 7.66. The molecule has 0 unspecified atom stereocenters. The zero-order valence-corrected chi connectivity index (χ0v) is 10.1. The van der Waals surface area contributed by atoms with E-state index in [4.69, 9.17) is 0 Å². The highest BCUT2D eigenvalue weighted by atomic mass is 19.4. The minimum Gasteiger partial charge on any atom is -0.425 e. The van der Waals surface area contributed by atoms with E-state index in [1.807, 2.05) is 0 Å². The maximum absolute atomic E-state index is 11.8. The van der Waals surface area contributed by atoms with E-state index < -0.39 is 12.1 Å². The number of hydrogen-bond acceptors (Lipinski definition) is 2. The molecule has 0 aliphatic heterocycles. The Morgan fingerprint density at radius 3 is 2.18 bits per heavy atom. The summed E-state index contributed by atoms with van der Waals surface area (Å²) in [6.45, 7) is 5.41. The fourth-order valence-corrected chi connectivity index (χ4v) is 1.34. The van der Waals surface area contributed by atoms with Crippen LogP contribution in [0.3, 0.4) is 0 Å². The van der Waals surface area contributed by atoms with Crippen molar-refractivity contribution in [2.45, 2.75) is 58.0 Å². The van der Waals surface area contributed by atoms with Gasteiger partial charge in [-0.25, -0.2) is 4.79 Å². The standard InChI is InChI=1S/C12H19F3O2/c1-3-4-5-6-7-8-9-10(2)17-11(16)12(13,14)15/h2-9H2,1H3. The average molecular weight is 252 g/mol. The lowest BCUT2D eigenvalue weighted by molar-refractivity contribution is -0.195. The van der Waals surface area contributed by atoms with Gasteiger partial charge in [0.05, 0.1) is 0 Å². The number of halogens is 3. The highest BCUT2D eigenvalue weighted by Crippen LogP contribution is 2.20. The summed E-state index contributed by atoms with van der Waals surface area (Å²) in [5.41, 5.74) is 0. The van der Waals surface area contributed by atoms with Gasteiger partial charge in [0.2, 0.25) is 0 Å². The Bertz CT molecular complexity index is 247. The van der Waals surface area contributed by atoms with Crippen LogP contribution in [0.15, 0.2) is 12.3 Å². The monoisotopic (exact) mass is 252 g/mol. The number of carbonyl (C=O) groups is 1. The van der Waals surface area contributed by atoms with Crippen LogP contribution in [0.2, 0.25) is 0 Å². The molecule has 0 heterocycles. The Balaban J connectivity index is 3.57. The van der Waals surface area contributed by atoms with Crippen molar-refractivity contribution in [3.8, 4) is 0 Å². The molecule has 0 bridgehead atoms. The van der Waals surface area contributed by atoms with E-state index in [9.17, 15) is 18.0 Å². The van der Waals surface area contributed by atoms with Crippen LogP contribution in [0.25, 0.3) is 0 Å². The highest BCUT2D eigenvalue weighted by molar-refractivity contribution is 5.76. The topological polar surface area (TPSA) is 26.3 Å². The first-order valence-electron chi connectivity index (χ1n) is 5.84. The lowest BCUT2D eigenvalue weighted by Crippen LogP contribution is -2.24. The summed E-state index contributed by atoms with van der Waals surface area (Å²) in [7, 11) is 0. The first-order valence-corrected chi connectivity index (χ1v) is 5.84. The van der Waals surface area contributed by atoms with Crippen LogP contribution in [-0.4, -0.2) is 12.1 Å². The molecule has 0 amide bonds. The molecule has 5 heteroatoms. The van der Waals surface area contributed by atoms with Gasteiger partial charge in [0, 0.05) is 6.42 Å². The van der Waals surface area contributed by atoms with Crippen LogP contribution in [0, 0.1) is 0 Å². The maximum Gasteiger partial charge on any atom is 0.491 e. The second-order valence-corrected chi connectivity index (χ2v) is 3.94.